The first-order valence-corrected chi connectivity index (χ1v) is 6.82. The first-order valence-electron chi connectivity index (χ1n) is 6.82. The number of aliphatic imine (C=N–C) groups is 1. The Balaban J connectivity index is 1.83. The zero-order valence-corrected chi connectivity index (χ0v) is 11.7. The molecule has 2 aromatic rings. The number of hydrogen-bond acceptors (Lipinski definition) is 2. The molecule has 0 radical (unpaired) electrons. The van der Waals surface area contributed by atoms with Gasteiger partial charge in [0.15, 0.2) is 0 Å². The van der Waals surface area contributed by atoms with E-state index in [-0.39, 0.29) is 23.0 Å². The van der Waals surface area contributed by atoms with Crippen molar-refractivity contribution < 1.29 is 9.18 Å². The van der Waals surface area contributed by atoms with E-state index in [2.05, 4.69) is 10.3 Å². The van der Waals surface area contributed by atoms with E-state index in [1.54, 1.807) is 30.4 Å². The van der Waals surface area contributed by atoms with Crippen molar-refractivity contribution in [3.8, 4) is 0 Å². The number of nitrogens with zero attached hydrogens (tertiary/aromatic N) is 1. The van der Waals surface area contributed by atoms with Crippen LogP contribution in [0, 0.1) is 5.82 Å². The van der Waals surface area contributed by atoms with Gasteiger partial charge >= 0.3 is 0 Å². The first-order chi connectivity index (χ1) is 10.7. The maximum Gasteiger partial charge on any atom is 0.275 e. The SMILES string of the molecule is O=C1NC(c2ccccc2F)=NC1=CC=Cc1ccccc1. The van der Waals surface area contributed by atoms with E-state index in [1.807, 2.05) is 36.4 Å². The number of carbonyl (C=O) groups excluding carboxylic acids is 1. The molecular formula is C18H13FN2O. The number of carbonyl (C=O) groups is 1. The number of nitrogens with one attached hydrogen (secondary N) is 1. The van der Waals surface area contributed by atoms with E-state index >= 15 is 0 Å². The predicted octanol–water partition coefficient (Wildman–Crippen LogP) is 3.30. The fourth-order valence-electron chi connectivity index (χ4n) is 2.08. The van der Waals surface area contributed by atoms with Crippen molar-refractivity contribution in [1.82, 2.24) is 5.32 Å². The van der Waals surface area contributed by atoms with Crippen LogP contribution in [0.3, 0.4) is 0 Å². The Labute approximate surface area is 127 Å². The Morgan fingerprint density at radius 1 is 1.00 bits per heavy atom. The Morgan fingerprint density at radius 2 is 1.73 bits per heavy atom. The van der Waals surface area contributed by atoms with Gasteiger partial charge in [0, 0.05) is 0 Å². The molecule has 22 heavy (non-hydrogen) atoms. The predicted molar refractivity (Wildman–Crippen MR) is 84.6 cm³/mol. The monoisotopic (exact) mass is 292 g/mol. The molecule has 0 unspecified atom stereocenters. The summed E-state index contributed by atoms with van der Waals surface area (Å²) in [4.78, 5) is 16.0. The number of halogens is 1. The van der Waals surface area contributed by atoms with Gasteiger partial charge in [-0.2, -0.15) is 0 Å². The molecule has 108 valence electrons. The van der Waals surface area contributed by atoms with Crippen LogP contribution >= 0.6 is 0 Å². The van der Waals surface area contributed by atoms with Crippen LogP contribution in [-0.2, 0) is 4.79 Å². The summed E-state index contributed by atoms with van der Waals surface area (Å²) >= 11 is 0. The Bertz CT molecular complexity index is 792. The largest absolute Gasteiger partial charge is 0.305 e. The van der Waals surface area contributed by atoms with Crippen molar-refractivity contribution in [3.63, 3.8) is 0 Å². The van der Waals surface area contributed by atoms with Crippen LogP contribution in [0.2, 0.25) is 0 Å². The fraction of sp³-hybridized carbons (Fsp3) is 0. The average Bonchev–Trinajstić information content (AvgIpc) is 2.90. The lowest BCUT2D eigenvalue weighted by atomic mass is 10.2. The van der Waals surface area contributed by atoms with E-state index in [0.29, 0.717) is 0 Å². The molecule has 0 atom stereocenters. The van der Waals surface area contributed by atoms with Crippen LogP contribution in [0.1, 0.15) is 11.1 Å². The molecular weight excluding hydrogens is 279 g/mol. The molecule has 0 fully saturated rings. The molecule has 0 saturated heterocycles. The average molecular weight is 292 g/mol. The standard InChI is InChI=1S/C18H13FN2O/c19-15-11-5-4-10-14(15)17-20-16(18(22)21-17)12-6-9-13-7-2-1-3-8-13/h1-12H,(H,20,21,22). The van der Waals surface area contributed by atoms with E-state index < -0.39 is 5.82 Å². The lowest BCUT2D eigenvalue weighted by molar-refractivity contribution is -0.115. The van der Waals surface area contributed by atoms with Gasteiger partial charge in [0.25, 0.3) is 5.91 Å². The molecule has 0 spiro atoms. The third kappa shape index (κ3) is 3.01. The number of hydrogen-bond donors (Lipinski definition) is 1. The topological polar surface area (TPSA) is 41.5 Å². The van der Waals surface area contributed by atoms with Crippen molar-refractivity contribution in [2.24, 2.45) is 4.99 Å². The second-order valence-corrected chi connectivity index (χ2v) is 4.72. The molecule has 1 heterocycles. The molecule has 3 rings (SSSR count). The molecule has 1 N–H and O–H groups in total. The number of allylic oxidation sites excluding steroid dienone is 2. The summed E-state index contributed by atoms with van der Waals surface area (Å²) in [5.41, 5.74) is 1.56. The van der Waals surface area contributed by atoms with Gasteiger partial charge in [-0.25, -0.2) is 9.38 Å². The maximum atomic E-state index is 13.7. The minimum atomic E-state index is -0.414. The van der Waals surface area contributed by atoms with Gasteiger partial charge in [-0.1, -0.05) is 54.6 Å². The van der Waals surface area contributed by atoms with E-state index in [1.165, 1.54) is 6.07 Å². The summed E-state index contributed by atoms with van der Waals surface area (Å²) in [7, 11) is 0. The molecule has 1 amide bonds. The molecule has 0 aliphatic carbocycles. The summed E-state index contributed by atoms with van der Waals surface area (Å²) in [5.74, 6) is -0.513. The van der Waals surface area contributed by atoms with E-state index in [9.17, 15) is 9.18 Å². The Morgan fingerprint density at radius 3 is 2.50 bits per heavy atom. The summed E-state index contributed by atoms with van der Waals surface area (Å²) in [6.45, 7) is 0. The van der Waals surface area contributed by atoms with Gasteiger partial charge in [-0.15, -0.1) is 0 Å². The van der Waals surface area contributed by atoms with Gasteiger partial charge in [0.2, 0.25) is 0 Å². The highest BCUT2D eigenvalue weighted by atomic mass is 19.1. The lowest BCUT2D eigenvalue weighted by Crippen LogP contribution is -2.25. The Hall–Kier alpha value is -3.01. The summed E-state index contributed by atoms with van der Waals surface area (Å²) in [6.07, 6.45) is 5.23. The van der Waals surface area contributed by atoms with Crippen LogP contribution in [-0.4, -0.2) is 11.7 Å². The smallest absolute Gasteiger partial charge is 0.275 e. The molecule has 1 aliphatic rings. The minimum Gasteiger partial charge on any atom is -0.305 e. The van der Waals surface area contributed by atoms with Gasteiger partial charge in [0.05, 0.1) is 5.56 Å². The zero-order valence-electron chi connectivity index (χ0n) is 11.7. The normalized spacial score (nSPS) is 16.1. The van der Waals surface area contributed by atoms with Crippen LogP contribution in [0.25, 0.3) is 6.08 Å². The van der Waals surface area contributed by atoms with Crippen molar-refractivity contribution in [2.75, 3.05) is 0 Å². The third-order valence-corrected chi connectivity index (χ3v) is 3.17. The molecule has 1 aliphatic heterocycles. The highest BCUT2D eigenvalue weighted by Gasteiger charge is 2.22. The summed E-state index contributed by atoms with van der Waals surface area (Å²) in [5, 5.41) is 2.58. The number of benzene rings is 2. The Kier molecular flexibility index (Phi) is 3.92. The van der Waals surface area contributed by atoms with Crippen LogP contribution in [0.15, 0.2) is 77.4 Å². The van der Waals surface area contributed by atoms with Gasteiger partial charge in [0.1, 0.15) is 17.3 Å². The number of rotatable bonds is 3. The molecule has 0 bridgehead atoms. The van der Waals surface area contributed by atoms with E-state index in [0.717, 1.165) is 5.56 Å². The van der Waals surface area contributed by atoms with Gasteiger partial charge in [-0.3, -0.25) is 4.79 Å². The van der Waals surface area contributed by atoms with Gasteiger partial charge in [-0.05, 0) is 23.8 Å². The van der Waals surface area contributed by atoms with Crippen LogP contribution in [0.4, 0.5) is 4.39 Å². The van der Waals surface area contributed by atoms with Crippen molar-refractivity contribution in [2.45, 2.75) is 0 Å². The number of amides is 1. The molecule has 2 aromatic carbocycles. The maximum absolute atomic E-state index is 13.7. The molecule has 0 aromatic heterocycles. The fourth-order valence-corrected chi connectivity index (χ4v) is 2.08. The first kappa shape index (κ1) is 13.9. The molecule has 0 saturated carbocycles. The van der Waals surface area contributed by atoms with E-state index in [4.69, 9.17) is 0 Å². The molecule has 4 heteroatoms. The van der Waals surface area contributed by atoms with Crippen molar-refractivity contribution in [3.05, 3.63) is 89.4 Å². The highest BCUT2D eigenvalue weighted by molar-refractivity contribution is 6.18. The van der Waals surface area contributed by atoms with Crippen molar-refractivity contribution >= 4 is 17.8 Å². The zero-order chi connectivity index (χ0) is 15.4. The third-order valence-electron chi connectivity index (χ3n) is 3.17. The quantitative estimate of drug-likeness (QED) is 0.866. The molecule has 3 nitrogen and oxygen atoms in total. The van der Waals surface area contributed by atoms with Crippen LogP contribution < -0.4 is 5.32 Å². The van der Waals surface area contributed by atoms with Crippen molar-refractivity contribution in [1.29, 1.82) is 0 Å². The highest BCUT2D eigenvalue weighted by Crippen LogP contribution is 2.14. The van der Waals surface area contributed by atoms with Gasteiger partial charge < -0.3 is 5.32 Å². The minimum absolute atomic E-state index is 0.238. The second-order valence-electron chi connectivity index (χ2n) is 4.72. The van der Waals surface area contributed by atoms with Crippen LogP contribution in [0.5, 0.6) is 0 Å². The number of amidine groups is 1. The lowest BCUT2D eigenvalue weighted by Gasteiger charge is -2.00. The summed E-state index contributed by atoms with van der Waals surface area (Å²) in [6, 6.07) is 15.9. The second kappa shape index (κ2) is 6.18. The summed E-state index contributed by atoms with van der Waals surface area (Å²) < 4.78 is 13.7.